The van der Waals surface area contributed by atoms with Crippen molar-refractivity contribution in [2.45, 2.75) is 70.0 Å². The Balaban J connectivity index is 1.63. The summed E-state index contributed by atoms with van der Waals surface area (Å²) in [5.41, 5.74) is 5.70. The number of hydrogen-bond acceptors (Lipinski definition) is 8. The number of nitrogens with zero attached hydrogens (tertiary/aromatic N) is 4. The first-order valence-electron chi connectivity index (χ1n) is 10.7. The molecule has 1 aliphatic heterocycles. The van der Waals surface area contributed by atoms with E-state index in [9.17, 15) is 15.0 Å². The summed E-state index contributed by atoms with van der Waals surface area (Å²) in [7, 11) is 0. The van der Waals surface area contributed by atoms with Crippen molar-refractivity contribution in [2.24, 2.45) is 5.92 Å². The van der Waals surface area contributed by atoms with E-state index in [4.69, 9.17) is 10.5 Å². The maximum absolute atomic E-state index is 12.1. The molecular formula is C21H28N6O4. The Morgan fingerprint density at radius 3 is 3.03 bits per heavy atom. The van der Waals surface area contributed by atoms with Crippen molar-refractivity contribution in [2.75, 3.05) is 12.3 Å². The zero-order valence-corrected chi connectivity index (χ0v) is 17.7. The predicted octanol–water partition coefficient (Wildman–Crippen LogP) is 0.486. The molecule has 0 radical (unpaired) electrons. The second kappa shape index (κ2) is 8.42. The van der Waals surface area contributed by atoms with Gasteiger partial charge in [0.25, 0.3) is 0 Å². The number of rotatable bonds is 3. The normalized spacial score (nSPS) is 30.7. The lowest BCUT2D eigenvalue weighted by Gasteiger charge is -2.30. The van der Waals surface area contributed by atoms with Gasteiger partial charge in [-0.3, -0.25) is 9.36 Å². The lowest BCUT2D eigenvalue weighted by molar-refractivity contribution is -0.134. The molecule has 1 unspecified atom stereocenters. The number of aliphatic hydroxyl groups excluding tert-OH is 1. The van der Waals surface area contributed by atoms with Crippen molar-refractivity contribution < 1.29 is 19.7 Å². The van der Waals surface area contributed by atoms with E-state index in [1.165, 1.54) is 6.33 Å². The van der Waals surface area contributed by atoms with Crippen molar-refractivity contribution >= 4 is 22.9 Å². The maximum Gasteiger partial charge on any atom is 0.249 e. The summed E-state index contributed by atoms with van der Waals surface area (Å²) in [4.78, 5) is 25.0. The largest absolute Gasteiger partial charge is 0.388 e. The van der Waals surface area contributed by atoms with Crippen LogP contribution < -0.4 is 11.1 Å². The molecule has 5 atom stereocenters. The second-order valence-corrected chi connectivity index (χ2v) is 8.45. The third kappa shape index (κ3) is 4.35. The van der Waals surface area contributed by atoms with E-state index in [1.54, 1.807) is 4.57 Å². The molecule has 0 aromatic carbocycles. The average Bonchev–Trinajstić information content (AvgIpc) is 3.30. The molecule has 2 fully saturated rings. The third-order valence-corrected chi connectivity index (χ3v) is 5.83. The number of hydrogen-bond donors (Lipinski definition) is 4. The fourth-order valence-corrected chi connectivity index (χ4v) is 4.35. The molecule has 2 aromatic rings. The smallest absolute Gasteiger partial charge is 0.249 e. The molecular weight excluding hydrogens is 400 g/mol. The van der Waals surface area contributed by atoms with Crippen LogP contribution in [0.2, 0.25) is 0 Å². The minimum atomic E-state index is -1.06. The Morgan fingerprint density at radius 2 is 2.29 bits per heavy atom. The van der Waals surface area contributed by atoms with Crippen LogP contribution >= 0.6 is 0 Å². The summed E-state index contributed by atoms with van der Waals surface area (Å²) < 4.78 is 7.33. The van der Waals surface area contributed by atoms with Crippen molar-refractivity contribution in [1.82, 2.24) is 24.8 Å². The van der Waals surface area contributed by atoms with Gasteiger partial charge in [0.05, 0.1) is 6.33 Å². The average molecular weight is 428 g/mol. The van der Waals surface area contributed by atoms with Gasteiger partial charge >= 0.3 is 0 Å². The van der Waals surface area contributed by atoms with Gasteiger partial charge in [0.15, 0.2) is 17.7 Å². The number of nitrogens with one attached hydrogen (secondary N) is 1. The maximum atomic E-state index is 12.1. The fourth-order valence-electron chi connectivity index (χ4n) is 4.35. The molecule has 1 saturated carbocycles. The second-order valence-electron chi connectivity index (χ2n) is 8.45. The molecule has 1 amide bonds. The lowest BCUT2D eigenvalue weighted by atomic mass is 9.79. The van der Waals surface area contributed by atoms with E-state index in [0.717, 1.165) is 12.8 Å². The number of aromatic nitrogens is 4. The van der Waals surface area contributed by atoms with Gasteiger partial charge in [-0.25, -0.2) is 15.0 Å². The summed E-state index contributed by atoms with van der Waals surface area (Å²) >= 11 is 0. The predicted molar refractivity (Wildman–Crippen MR) is 112 cm³/mol. The number of aliphatic hydroxyl groups is 2. The van der Waals surface area contributed by atoms with Crippen LogP contribution in [-0.2, 0) is 9.53 Å². The lowest BCUT2D eigenvalue weighted by Crippen LogP contribution is -2.34. The molecule has 1 aliphatic carbocycles. The topological polar surface area (TPSA) is 148 Å². The van der Waals surface area contributed by atoms with Crippen LogP contribution in [0.1, 0.15) is 58.0 Å². The molecule has 166 valence electrons. The van der Waals surface area contributed by atoms with Crippen molar-refractivity contribution in [3.05, 3.63) is 12.2 Å². The van der Waals surface area contributed by atoms with Crippen LogP contribution in [0.4, 0.5) is 5.82 Å². The van der Waals surface area contributed by atoms with E-state index in [1.807, 2.05) is 6.92 Å². The van der Waals surface area contributed by atoms with Gasteiger partial charge in [0.1, 0.15) is 23.3 Å². The van der Waals surface area contributed by atoms with E-state index < -0.39 is 24.0 Å². The number of carbonyl (C=O) groups excluding carboxylic acids is 1. The highest BCUT2D eigenvalue weighted by Gasteiger charge is 2.39. The van der Waals surface area contributed by atoms with Crippen molar-refractivity contribution in [3.63, 3.8) is 0 Å². The van der Waals surface area contributed by atoms with Gasteiger partial charge in [-0.2, -0.15) is 0 Å². The van der Waals surface area contributed by atoms with Gasteiger partial charge in [0.2, 0.25) is 11.7 Å². The highest BCUT2D eigenvalue weighted by atomic mass is 16.5. The highest BCUT2D eigenvalue weighted by molar-refractivity contribution is 5.82. The van der Waals surface area contributed by atoms with Crippen LogP contribution in [0.3, 0.4) is 0 Å². The van der Waals surface area contributed by atoms with Gasteiger partial charge in [-0.1, -0.05) is 19.3 Å². The third-order valence-electron chi connectivity index (χ3n) is 5.83. The number of nitrogen functional groups attached to an aromatic ring is 1. The van der Waals surface area contributed by atoms with Gasteiger partial charge < -0.3 is 26.0 Å². The molecule has 2 aromatic heterocycles. The number of nitrogens with two attached hydrogens (primary N) is 1. The molecule has 4 rings (SSSR count). The molecule has 0 spiro atoms. The summed E-state index contributed by atoms with van der Waals surface area (Å²) in [5, 5.41) is 23.9. The van der Waals surface area contributed by atoms with Crippen LogP contribution in [0.5, 0.6) is 0 Å². The fraction of sp³-hybridized carbons (Fsp3) is 0.619. The van der Waals surface area contributed by atoms with Crippen molar-refractivity contribution in [1.29, 1.82) is 0 Å². The molecule has 10 nitrogen and oxygen atoms in total. The SMILES string of the molecule is CCNC(=O)[C@@H]1CC(O)[C@H](n2cnc3c(N)nc(C#C[C@@]4(O)CCC[C@@H](C)C4)nc32)O1. The number of likely N-dealkylation sites (N-methyl/N-ethyl adjacent to an activating group) is 1. The Kier molecular flexibility index (Phi) is 5.83. The molecule has 3 heterocycles. The summed E-state index contributed by atoms with van der Waals surface area (Å²) in [6.45, 7) is 4.40. The zero-order valence-electron chi connectivity index (χ0n) is 17.7. The molecule has 5 N–H and O–H groups in total. The molecule has 0 bridgehead atoms. The van der Waals surface area contributed by atoms with Gasteiger partial charge in [-0.15, -0.1) is 0 Å². The van der Waals surface area contributed by atoms with Gasteiger partial charge in [0, 0.05) is 13.0 Å². The monoisotopic (exact) mass is 428 g/mol. The van der Waals surface area contributed by atoms with Gasteiger partial charge in [-0.05, 0) is 38.0 Å². The summed E-state index contributed by atoms with van der Waals surface area (Å²) in [6, 6.07) is 0. The van der Waals surface area contributed by atoms with Crippen LogP contribution in [0.15, 0.2) is 6.33 Å². The number of carbonyl (C=O) groups is 1. The zero-order chi connectivity index (χ0) is 22.2. The quantitative estimate of drug-likeness (QED) is 0.516. The highest BCUT2D eigenvalue weighted by Crippen LogP contribution is 2.33. The summed E-state index contributed by atoms with van der Waals surface area (Å²) in [5.74, 6) is 6.22. The standard InChI is InChI=1S/C21H28N6O4/c1-3-23-19(29)14-9-13(28)20(31-14)27-11-24-16-17(22)25-15(26-18(16)27)6-8-21(30)7-4-5-12(2)10-21/h11-14,20,28,30H,3-5,7,9-10H2,1-2H3,(H,23,29)(H2,22,25,26)/t12-,13?,14+,20-,21+/m1/s1. The number of imidazole rings is 1. The number of anilines is 1. The van der Waals surface area contributed by atoms with E-state index >= 15 is 0 Å². The number of ether oxygens (including phenoxy) is 1. The minimum Gasteiger partial charge on any atom is -0.388 e. The number of amides is 1. The van der Waals surface area contributed by atoms with Crippen LogP contribution in [-0.4, -0.2) is 60.0 Å². The summed E-state index contributed by atoms with van der Waals surface area (Å²) in [6.07, 6.45) is 2.33. The van der Waals surface area contributed by atoms with Crippen LogP contribution in [0.25, 0.3) is 11.2 Å². The Hall–Kier alpha value is -2.74. The van der Waals surface area contributed by atoms with E-state index in [2.05, 4.69) is 39.0 Å². The Bertz CT molecular complexity index is 1040. The Morgan fingerprint density at radius 1 is 1.48 bits per heavy atom. The van der Waals surface area contributed by atoms with E-state index in [0.29, 0.717) is 36.5 Å². The molecule has 2 aliphatic rings. The first-order chi connectivity index (χ1) is 14.8. The van der Waals surface area contributed by atoms with Crippen LogP contribution in [0, 0.1) is 17.8 Å². The Labute approximate surface area is 180 Å². The van der Waals surface area contributed by atoms with E-state index in [-0.39, 0.29) is 24.0 Å². The minimum absolute atomic E-state index is 0.143. The molecule has 31 heavy (non-hydrogen) atoms. The molecule has 1 saturated heterocycles. The first kappa shape index (κ1) is 21.5. The van der Waals surface area contributed by atoms with Crippen molar-refractivity contribution in [3.8, 4) is 11.8 Å². The number of fused-ring (bicyclic) bond motifs is 1. The first-order valence-corrected chi connectivity index (χ1v) is 10.7. The molecule has 10 heteroatoms.